The minimum absolute atomic E-state index is 0.192. The first-order chi connectivity index (χ1) is 12.3. The minimum atomic E-state index is -4.37. The summed E-state index contributed by atoms with van der Waals surface area (Å²) in [5, 5.41) is 3.87. The van der Waals surface area contributed by atoms with Crippen LogP contribution in [0.2, 0.25) is 0 Å². The summed E-state index contributed by atoms with van der Waals surface area (Å²) in [5.41, 5.74) is 1.75. The second-order valence-electron chi connectivity index (χ2n) is 5.87. The molecule has 0 fully saturated rings. The molecule has 0 bridgehead atoms. The van der Waals surface area contributed by atoms with Gasteiger partial charge in [0.1, 0.15) is 13.7 Å². The van der Waals surface area contributed by atoms with Gasteiger partial charge >= 0.3 is 6.18 Å². The molecule has 2 radical (unpaired) electrons. The molecular formula is C18H16BF3N4. The molecule has 0 amide bonds. The standard InChI is InChI=1S/C18H16BF3N4/c1-23-17-25-16(14-9-13(19)6-7-15(14)26(17)2)24-10-11-4-3-5-12(8-11)18(20,21)22/h3-9H,10H2,1-2H3,(H,23,24,25). The molecule has 8 heteroatoms. The molecule has 3 rings (SSSR count). The van der Waals surface area contributed by atoms with Crippen LogP contribution in [0.15, 0.2) is 47.5 Å². The van der Waals surface area contributed by atoms with E-state index in [1.54, 1.807) is 25.2 Å². The van der Waals surface area contributed by atoms with Crippen LogP contribution >= 0.6 is 0 Å². The Morgan fingerprint density at radius 1 is 1.19 bits per heavy atom. The first-order valence-corrected chi connectivity index (χ1v) is 7.88. The Kier molecular flexibility index (Phi) is 4.76. The fourth-order valence-corrected chi connectivity index (χ4v) is 2.76. The zero-order chi connectivity index (χ0) is 18.9. The van der Waals surface area contributed by atoms with Crippen LogP contribution in [-0.4, -0.2) is 24.4 Å². The van der Waals surface area contributed by atoms with Crippen LogP contribution in [0.1, 0.15) is 11.1 Å². The summed E-state index contributed by atoms with van der Waals surface area (Å²) in [4.78, 5) is 8.59. The number of nitrogens with zero attached hydrogens (tertiary/aromatic N) is 3. The highest BCUT2D eigenvalue weighted by atomic mass is 19.4. The smallest absolute Gasteiger partial charge is 0.365 e. The van der Waals surface area contributed by atoms with Crippen LogP contribution in [-0.2, 0) is 19.8 Å². The van der Waals surface area contributed by atoms with E-state index in [9.17, 15) is 13.2 Å². The van der Waals surface area contributed by atoms with Crippen molar-refractivity contribution in [2.45, 2.75) is 12.7 Å². The summed E-state index contributed by atoms with van der Waals surface area (Å²) >= 11 is 0. The van der Waals surface area contributed by atoms with Gasteiger partial charge in [0, 0.05) is 26.0 Å². The molecule has 0 aliphatic carbocycles. The molecule has 0 unspecified atom stereocenters. The number of fused-ring (bicyclic) bond motifs is 1. The lowest BCUT2D eigenvalue weighted by Gasteiger charge is -2.14. The van der Waals surface area contributed by atoms with Gasteiger partial charge in [-0.05, 0) is 23.8 Å². The van der Waals surface area contributed by atoms with E-state index < -0.39 is 11.7 Å². The number of hydrogen-bond donors (Lipinski definition) is 1. The van der Waals surface area contributed by atoms with E-state index in [-0.39, 0.29) is 6.54 Å². The Labute approximate surface area is 149 Å². The van der Waals surface area contributed by atoms with Gasteiger partial charge in [-0.15, -0.1) is 0 Å². The number of hydrogen-bond acceptors (Lipinski definition) is 3. The highest BCUT2D eigenvalue weighted by Crippen LogP contribution is 2.29. The summed E-state index contributed by atoms with van der Waals surface area (Å²) < 4.78 is 40.4. The maximum absolute atomic E-state index is 12.9. The summed E-state index contributed by atoms with van der Waals surface area (Å²) in [5.74, 6) is 0.517. The molecule has 1 heterocycles. The van der Waals surface area contributed by atoms with Gasteiger partial charge in [-0.1, -0.05) is 29.7 Å². The van der Waals surface area contributed by atoms with E-state index in [1.807, 2.05) is 17.7 Å². The highest BCUT2D eigenvalue weighted by Gasteiger charge is 2.30. The van der Waals surface area contributed by atoms with Gasteiger partial charge in [0.2, 0.25) is 5.62 Å². The number of aryl methyl sites for hydroxylation is 1. The Balaban J connectivity index is 1.99. The molecule has 0 aliphatic heterocycles. The molecule has 132 valence electrons. The molecule has 0 saturated heterocycles. The molecule has 1 aromatic heterocycles. The van der Waals surface area contributed by atoms with Crippen molar-refractivity contribution >= 4 is 30.0 Å². The molecular weight excluding hydrogens is 340 g/mol. The second kappa shape index (κ2) is 6.86. The number of alkyl halides is 3. The number of rotatable bonds is 3. The maximum Gasteiger partial charge on any atom is 0.416 e. The van der Waals surface area contributed by atoms with Crippen LogP contribution in [0.4, 0.5) is 19.0 Å². The molecule has 0 spiro atoms. The van der Waals surface area contributed by atoms with E-state index >= 15 is 0 Å². The van der Waals surface area contributed by atoms with Gasteiger partial charge in [-0.2, -0.15) is 18.2 Å². The van der Waals surface area contributed by atoms with Gasteiger partial charge in [-0.3, -0.25) is 4.99 Å². The lowest BCUT2D eigenvalue weighted by atomic mass is 9.95. The number of benzene rings is 2. The fourth-order valence-electron chi connectivity index (χ4n) is 2.76. The van der Waals surface area contributed by atoms with Gasteiger partial charge in [0.25, 0.3) is 0 Å². The molecule has 0 aliphatic rings. The normalized spacial score (nSPS) is 12.6. The van der Waals surface area contributed by atoms with Crippen molar-refractivity contribution in [3.63, 3.8) is 0 Å². The van der Waals surface area contributed by atoms with Crippen molar-refractivity contribution in [1.29, 1.82) is 0 Å². The van der Waals surface area contributed by atoms with Crippen LogP contribution < -0.4 is 16.4 Å². The average Bonchev–Trinajstić information content (AvgIpc) is 2.60. The molecule has 0 saturated carbocycles. The van der Waals surface area contributed by atoms with Gasteiger partial charge in [0.05, 0.1) is 11.1 Å². The van der Waals surface area contributed by atoms with Crippen LogP contribution in [0.3, 0.4) is 0 Å². The van der Waals surface area contributed by atoms with Crippen molar-refractivity contribution in [2.24, 2.45) is 12.0 Å². The summed E-state index contributed by atoms with van der Waals surface area (Å²) in [6.07, 6.45) is -4.37. The van der Waals surface area contributed by atoms with E-state index in [1.165, 1.54) is 6.07 Å². The Hall–Kier alpha value is -2.77. The Morgan fingerprint density at radius 3 is 2.65 bits per heavy atom. The van der Waals surface area contributed by atoms with Crippen LogP contribution in [0.5, 0.6) is 0 Å². The highest BCUT2D eigenvalue weighted by molar-refractivity contribution is 6.33. The van der Waals surface area contributed by atoms with Crippen molar-refractivity contribution in [3.8, 4) is 0 Å². The van der Waals surface area contributed by atoms with Gasteiger partial charge < -0.3 is 9.88 Å². The fraction of sp³-hybridized carbons (Fsp3) is 0.222. The quantitative estimate of drug-likeness (QED) is 0.733. The van der Waals surface area contributed by atoms with Gasteiger partial charge in [-0.25, -0.2) is 0 Å². The van der Waals surface area contributed by atoms with Crippen molar-refractivity contribution < 1.29 is 13.2 Å². The Bertz CT molecular complexity index is 1030. The molecule has 1 N–H and O–H groups in total. The van der Waals surface area contributed by atoms with Crippen molar-refractivity contribution in [2.75, 3.05) is 12.4 Å². The third-order valence-electron chi connectivity index (χ3n) is 4.06. The Morgan fingerprint density at radius 2 is 1.96 bits per heavy atom. The molecule has 0 atom stereocenters. The van der Waals surface area contributed by atoms with Crippen LogP contribution in [0, 0.1) is 0 Å². The van der Waals surface area contributed by atoms with Gasteiger partial charge in [0.15, 0.2) is 0 Å². The largest absolute Gasteiger partial charge is 0.416 e. The molecule has 4 nitrogen and oxygen atoms in total. The third kappa shape index (κ3) is 3.59. The zero-order valence-electron chi connectivity index (χ0n) is 14.3. The molecule has 2 aromatic carbocycles. The number of nitrogens with one attached hydrogen (secondary N) is 1. The van der Waals surface area contributed by atoms with Crippen LogP contribution in [0.25, 0.3) is 10.9 Å². The number of halogens is 3. The first kappa shape index (κ1) is 18.0. The van der Waals surface area contributed by atoms with Crippen molar-refractivity contribution in [1.82, 2.24) is 9.55 Å². The average molecular weight is 356 g/mol. The minimum Gasteiger partial charge on any atom is -0.365 e. The number of anilines is 1. The summed E-state index contributed by atoms with van der Waals surface area (Å²) in [6, 6.07) is 10.6. The summed E-state index contributed by atoms with van der Waals surface area (Å²) in [6.45, 7) is 0.192. The first-order valence-electron chi connectivity index (χ1n) is 7.88. The SMILES string of the molecule is [B]c1ccc2c(c1)c(NCc1cccc(C(F)(F)F)c1)nc(=NC)n2C. The monoisotopic (exact) mass is 356 g/mol. The topological polar surface area (TPSA) is 42.2 Å². The van der Waals surface area contributed by atoms with E-state index in [4.69, 9.17) is 7.85 Å². The predicted molar refractivity (Wildman–Crippen MR) is 96.4 cm³/mol. The lowest BCUT2D eigenvalue weighted by molar-refractivity contribution is -0.137. The number of aromatic nitrogens is 2. The molecule has 26 heavy (non-hydrogen) atoms. The second-order valence-corrected chi connectivity index (χ2v) is 5.87. The van der Waals surface area contributed by atoms with E-state index in [0.717, 1.165) is 23.0 Å². The maximum atomic E-state index is 12.9. The van der Waals surface area contributed by atoms with E-state index in [0.29, 0.717) is 22.5 Å². The van der Waals surface area contributed by atoms with Crippen molar-refractivity contribution in [3.05, 3.63) is 59.2 Å². The summed E-state index contributed by atoms with van der Waals surface area (Å²) in [7, 11) is 9.34. The zero-order valence-corrected chi connectivity index (χ0v) is 14.3. The molecule has 3 aromatic rings. The predicted octanol–water partition coefficient (Wildman–Crippen LogP) is 2.53. The lowest BCUT2D eigenvalue weighted by Crippen LogP contribution is -2.24. The van der Waals surface area contributed by atoms with E-state index in [2.05, 4.69) is 15.3 Å². The third-order valence-corrected chi connectivity index (χ3v) is 4.06.